The van der Waals surface area contributed by atoms with Crippen molar-refractivity contribution in [3.63, 3.8) is 0 Å². The number of benzene rings is 2. The van der Waals surface area contributed by atoms with Crippen LogP contribution in [0.25, 0.3) is 0 Å². The molecule has 4 heteroatoms. The molecule has 0 amide bonds. The zero-order valence-corrected chi connectivity index (χ0v) is 14.6. The fourth-order valence-corrected chi connectivity index (χ4v) is 2.85. The van der Waals surface area contributed by atoms with Gasteiger partial charge < -0.3 is 9.47 Å². The van der Waals surface area contributed by atoms with Gasteiger partial charge in [0, 0.05) is 4.47 Å². The van der Waals surface area contributed by atoms with Gasteiger partial charge in [0.15, 0.2) is 6.61 Å². The third-order valence-electron chi connectivity index (χ3n) is 3.33. The number of rotatable bonds is 5. The zero-order valence-electron chi connectivity index (χ0n) is 13.0. The summed E-state index contributed by atoms with van der Waals surface area (Å²) in [6, 6.07) is 11.5. The van der Waals surface area contributed by atoms with Crippen molar-refractivity contribution in [3.05, 3.63) is 57.6 Å². The Morgan fingerprint density at radius 1 is 1.09 bits per heavy atom. The summed E-state index contributed by atoms with van der Waals surface area (Å²) < 4.78 is 11.8. The molecule has 0 atom stereocenters. The summed E-state index contributed by atoms with van der Waals surface area (Å²) in [4.78, 5) is 11.9. The first kappa shape index (κ1) is 16.6. The van der Waals surface area contributed by atoms with Gasteiger partial charge in [-0.1, -0.05) is 35.0 Å². The maximum absolute atomic E-state index is 11.9. The molecule has 22 heavy (non-hydrogen) atoms. The van der Waals surface area contributed by atoms with Gasteiger partial charge >= 0.3 is 5.97 Å². The molecule has 0 N–H and O–H groups in total. The monoisotopic (exact) mass is 362 g/mol. The zero-order chi connectivity index (χ0) is 16.1. The highest BCUT2D eigenvalue weighted by Gasteiger charge is 2.11. The molecule has 0 unspecified atom stereocenters. The van der Waals surface area contributed by atoms with Crippen molar-refractivity contribution in [2.45, 2.75) is 27.2 Å². The largest absolute Gasteiger partial charge is 0.482 e. The smallest absolute Gasteiger partial charge is 0.349 e. The van der Waals surface area contributed by atoms with Crippen LogP contribution in [0.4, 0.5) is 0 Å². The molecule has 0 spiro atoms. The minimum atomic E-state index is -0.409. The van der Waals surface area contributed by atoms with Crippen LogP contribution < -0.4 is 9.47 Å². The first-order chi connectivity index (χ1) is 10.5. The second-order valence-corrected chi connectivity index (χ2v) is 6.04. The minimum absolute atomic E-state index is 0.111. The molecule has 0 aliphatic rings. The van der Waals surface area contributed by atoms with E-state index in [0.717, 1.165) is 22.0 Å². The molecule has 0 saturated carbocycles. The highest BCUT2D eigenvalue weighted by Crippen LogP contribution is 2.27. The molecular weight excluding hydrogens is 344 g/mol. The predicted octanol–water partition coefficient (Wildman–Crippen LogP) is 4.61. The van der Waals surface area contributed by atoms with Gasteiger partial charge in [-0.05, 0) is 61.2 Å². The van der Waals surface area contributed by atoms with Gasteiger partial charge in [-0.15, -0.1) is 0 Å². The second kappa shape index (κ2) is 7.45. The lowest BCUT2D eigenvalue weighted by Gasteiger charge is -2.12. The number of aryl methyl sites for hydroxylation is 3. The molecule has 2 aromatic carbocycles. The molecule has 0 fully saturated rings. The molecule has 0 heterocycles. The molecule has 0 radical (unpaired) electrons. The molecule has 0 aliphatic heterocycles. The van der Waals surface area contributed by atoms with Gasteiger partial charge in [0.25, 0.3) is 0 Å². The summed E-state index contributed by atoms with van der Waals surface area (Å²) in [5.41, 5.74) is 3.05. The highest BCUT2D eigenvalue weighted by atomic mass is 79.9. The van der Waals surface area contributed by atoms with Crippen LogP contribution in [0.3, 0.4) is 0 Å². The Kier molecular flexibility index (Phi) is 5.61. The van der Waals surface area contributed by atoms with E-state index in [1.54, 1.807) is 0 Å². The number of esters is 1. The number of halogens is 1. The SMILES string of the molecule is CCc1ccc(OCC(=O)Oc2c(C)cc(Br)cc2C)cc1. The lowest BCUT2D eigenvalue weighted by atomic mass is 10.1. The van der Waals surface area contributed by atoms with Crippen LogP contribution in [-0.4, -0.2) is 12.6 Å². The molecule has 0 saturated heterocycles. The fourth-order valence-electron chi connectivity index (χ4n) is 2.17. The van der Waals surface area contributed by atoms with Gasteiger partial charge in [-0.2, -0.15) is 0 Å². The van der Waals surface area contributed by atoms with Gasteiger partial charge in [0.05, 0.1) is 0 Å². The quantitative estimate of drug-likeness (QED) is 0.575. The third-order valence-corrected chi connectivity index (χ3v) is 3.79. The summed E-state index contributed by atoms with van der Waals surface area (Å²) in [7, 11) is 0. The summed E-state index contributed by atoms with van der Waals surface area (Å²) in [6.07, 6.45) is 0.977. The van der Waals surface area contributed by atoms with Crippen LogP contribution in [0.2, 0.25) is 0 Å². The fraction of sp³-hybridized carbons (Fsp3) is 0.278. The maximum atomic E-state index is 11.9. The van der Waals surface area contributed by atoms with Crippen molar-refractivity contribution in [3.8, 4) is 11.5 Å². The number of hydrogen-bond donors (Lipinski definition) is 0. The number of hydrogen-bond acceptors (Lipinski definition) is 3. The van der Waals surface area contributed by atoms with Crippen molar-refractivity contribution in [2.24, 2.45) is 0 Å². The van der Waals surface area contributed by atoms with Gasteiger partial charge in [0.1, 0.15) is 11.5 Å². The third kappa shape index (κ3) is 4.34. The Morgan fingerprint density at radius 3 is 2.23 bits per heavy atom. The summed E-state index contributed by atoms with van der Waals surface area (Å²) in [6.45, 7) is 5.80. The predicted molar refractivity (Wildman–Crippen MR) is 90.6 cm³/mol. The average Bonchev–Trinajstić information content (AvgIpc) is 2.49. The van der Waals surface area contributed by atoms with E-state index in [0.29, 0.717) is 11.5 Å². The van der Waals surface area contributed by atoms with Crippen molar-refractivity contribution < 1.29 is 14.3 Å². The van der Waals surface area contributed by atoms with Crippen LogP contribution in [0.1, 0.15) is 23.6 Å². The summed E-state index contributed by atoms with van der Waals surface area (Å²) >= 11 is 3.42. The normalized spacial score (nSPS) is 10.4. The van der Waals surface area contributed by atoms with E-state index < -0.39 is 5.97 Å². The van der Waals surface area contributed by atoms with E-state index >= 15 is 0 Å². The van der Waals surface area contributed by atoms with Crippen LogP contribution in [0, 0.1) is 13.8 Å². The minimum Gasteiger partial charge on any atom is -0.482 e. The molecule has 0 aliphatic carbocycles. The first-order valence-electron chi connectivity index (χ1n) is 7.18. The van der Waals surface area contributed by atoms with Crippen molar-refractivity contribution in [1.29, 1.82) is 0 Å². The standard InChI is InChI=1S/C18H19BrO3/c1-4-14-5-7-16(8-6-14)21-11-17(20)22-18-12(2)9-15(19)10-13(18)3/h5-10H,4,11H2,1-3H3. The lowest BCUT2D eigenvalue weighted by molar-refractivity contribution is -0.136. The van der Waals surface area contributed by atoms with Crippen LogP contribution in [0.5, 0.6) is 11.5 Å². The van der Waals surface area contributed by atoms with Gasteiger partial charge in [0.2, 0.25) is 0 Å². The van der Waals surface area contributed by atoms with E-state index in [1.807, 2.05) is 50.2 Å². The number of ether oxygens (including phenoxy) is 2. The van der Waals surface area contributed by atoms with Crippen molar-refractivity contribution >= 4 is 21.9 Å². The van der Waals surface area contributed by atoms with Crippen LogP contribution in [0.15, 0.2) is 40.9 Å². The van der Waals surface area contributed by atoms with E-state index in [1.165, 1.54) is 5.56 Å². The van der Waals surface area contributed by atoms with Crippen molar-refractivity contribution in [2.75, 3.05) is 6.61 Å². The van der Waals surface area contributed by atoms with Gasteiger partial charge in [-0.25, -0.2) is 4.79 Å². The summed E-state index contributed by atoms with van der Waals surface area (Å²) in [5.74, 6) is 0.852. The average molecular weight is 363 g/mol. The molecule has 2 aromatic rings. The second-order valence-electron chi connectivity index (χ2n) is 5.13. The topological polar surface area (TPSA) is 35.5 Å². The van der Waals surface area contributed by atoms with E-state index in [2.05, 4.69) is 22.9 Å². The summed E-state index contributed by atoms with van der Waals surface area (Å²) in [5, 5.41) is 0. The molecule has 2 rings (SSSR count). The van der Waals surface area contributed by atoms with E-state index in [4.69, 9.17) is 9.47 Å². The Labute approximate surface area is 139 Å². The number of carbonyl (C=O) groups is 1. The Hall–Kier alpha value is -1.81. The first-order valence-corrected chi connectivity index (χ1v) is 7.98. The maximum Gasteiger partial charge on any atom is 0.349 e. The van der Waals surface area contributed by atoms with Crippen LogP contribution in [-0.2, 0) is 11.2 Å². The Morgan fingerprint density at radius 2 is 1.68 bits per heavy atom. The Bertz CT molecular complexity index is 640. The Balaban J connectivity index is 1.95. The number of carbonyl (C=O) groups excluding carboxylic acids is 1. The molecular formula is C18H19BrO3. The molecule has 0 aromatic heterocycles. The van der Waals surface area contributed by atoms with Gasteiger partial charge in [-0.3, -0.25) is 0 Å². The van der Waals surface area contributed by atoms with Crippen molar-refractivity contribution in [1.82, 2.24) is 0 Å². The van der Waals surface area contributed by atoms with E-state index in [9.17, 15) is 4.79 Å². The molecule has 3 nitrogen and oxygen atoms in total. The highest BCUT2D eigenvalue weighted by molar-refractivity contribution is 9.10. The van der Waals surface area contributed by atoms with E-state index in [-0.39, 0.29) is 6.61 Å². The van der Waals surface area contributed by atoms with Crippen LogP contribution >= 0.6 is 15.9 Å². The lowest BCUT2D eigenvalue weighted by Crippen LogP contribution is -2.18. The molecule has 116 valence electrons. The molecule has 0 bridgehead atoms.